The van der Waals surface area contributed by atoms with Gasteiger partial charge in [-0.05, 0) is 30.9 Å². The van der Waals surface area contributed by atoms with Gasteiger partial charge in [0.15, 0.2) is 0 Å². The van der Waals surface area contributed by atoms with Crippen molar-refractivity contribution in [3.8, 4) is 5.75 Å². The smallest absolute Gasteiger partial charge is 0.220 e. The molecule has 1 aliphatic rings. The average Bonchev–Trinajstić information content (AvgIpc) is 2.46. The summed E-state index contributed by atoms with van der Waals surface area (Å²) in [5.74, 6) is 1.03. The lowest BCUT2D eigenvalue weighted by atomic mass is 9.95. The van der Waals surface area contributed by atoms with Gasteiger partial charge in [-0.2, -0.15) is 0 Å². The lowest BCUT2D eigenvalue weighted by Crippen LogP contribution is -2.36. The van der Waals surface area contributed by atoms with Crippen LogP contribution < -0.4 is 10.1 Å². The minimum absolute atomic E-state index is 0.165. The number of nitrogens with one attached hydrogen (secondary N) is 1. The molecular formula is C16H23NO2. The molecule has 1 N–H and O–H groups in total. The maximum Gasteiger partial charge on any atom is 0.220 e. The number of ether oxygens (including phenoxy) is 1. The number of carbonyl (C=O) groups is 1. The minimum Gasteiger partial charge on any atom is -0.496 e. The molecule has 1 amide bonds. The third kappa shape index (κ3) is 4.27. The Morgan fingerprint density at radius 3 is 2.74 bits per heavy atom. The molecule has 1 fully saturated rings. The molecule has 1 saturated carbocycles. The molecule has 0 radical (unpaired) electrons. The van der Waals surface area contributed by atoms with Crippen molar-refractivity contribution >= 4 is 5.91 Å². The largest absolute Gasteiger partial charge is 0.496 e. The van der Waals surface area contributed by atoms with Gasteiger partial charge in [-0.15, -0.1) is 0 Å². The third-order valence-electron chi connectivity index (χ3n) is 3.78. The van der Waals surface area contributed by atoms with E-state index in [0.29, 0.717) is 12.5 Å². The van der Waals surface area contributed by atoms with Gasteiger partial charge in [0, 0.05) is 12.5 Å². The molecule has 2 rings (SSSR count). The van der Waals surface area contributed by atoms with E-state index in [9.17, 15) is 4.79 Å². The molecule has 3 nitrogen and oxygen atoms in total. The maximum atomic E-state index is 11.9. The van der Waals surface area contributed by atoms with Crippen molar-refractivity contribution in [2.45, 2.75) is 51.0 Å². The van der Waals surface area contributed by atoms with E-state index < -0.39 is 0 Å². The van der Waals surface area contributed by atoms with E-state index in [4.69, 9.17) is 4.74 Å². The summed E-state index contributed by atoms with van der Waals surface area (Å²) in [7, 11) is 1.67. The van der Waals surface area contributed by atoms with Crippen LogP contribution in [-0.2, 0) is 11.2 Å². The van der Waals surface area contributed by atoms with Crippen LogP contribution in [0.15, 0.2) is 24.3 Å². The number of para-hydroxylation sites is 1. The zero-order valence-corrected chi connectivity index (χ0v) is 11.7. The average molecular weight is 261 g/mol. The van der Waals surface area contributed by atoms with E-state index in [1.165, 1.54) is 19.3 Å². The van der Waals surface area contributed by atoms with Crippen LogP contribution in [0.5, 0.6) is 5.75 Å². The fourth-order valence-corrected chi connectivity index (χ4v) is 2.70. The third-order valence-corrected chi connectivity index (χ3v) is 3.78. The van der Waals surface area contributed by atoms with Gasteiger partial charge < -0.3 is 10.1 Å². The van der Waals surface area contributed by atoms with Gasteiger partial charge >= 0.3 is 0 Å². The summed E-state index contributed by atoms with van der Waals surface area (Å²) in [6, 6.07) is 8.29. The molecule has 19 heavy (non-hydrogen) atoms. The number of hydrogen-bond acceptors (Lipinski definition) is 2. The number of aryl methyl sites for hydroxylation is 1. The summed E-state index contributed by atoms with van der Waals surface area (Å²) < 4.78 is 5.30. The zero-order valence-electron chi connectivity index (χ0n) is 11.7. The van der Waals surface area contributed by atoms with E-state index >= 15 is 0 Å². The van der Waals surface area contributed by atoms with Crippen LogP contribution in [0, 0.1) is 0 Å². The van der Waals surface area contributed by atoms with Gasteiger partial charge in [-0.1, -0.05) is 37.5 Å². The SMILES string of the molecule is COc1ccccc1CCC(=O)NC1CCCCC1. The van der Waals surface area contributed by atoms with Crippen molar-refractivity contribution in [2.24, 2.45) is 0 Å². The van der Waals surface area contributed by atoms with Crippen LogP contribution >= 0.6 is 0 Å². The Morgan fingerprint density at radius 1 is 1.26 bits per heavy atom. The van der Waals surface area contributed by atoms with Gasteiger partial charge in [0.1, 0.15) is 5.75 Å². The minimum atomic E-state index is 0.165. The van der Waals surface area contributed by atoms with Crippen molar-refractivity contribution in [2.75, 3.05) is 7.11 Å². The number of rotatable bonds is 5. The van der Waals surface area contributed by atoms with E-state index in [-0.39, 0.29) is 5.91 Å². The van der Waals surface area contributed by atoms with E-state index in [2.05, 4.69) is 5.32 Å². The van der Waals surface area contributed by atoms with Crippen LogP contribution in [0.3, 0.4) is 0 Å². The summed E-state index contributed by atoms with van der Waals surface area (Å²) in [5.41, 5.74) is 1.10. The van der Waals surface area contributed by atoms with Gasteiger partial charge in [-0.3, -0.25) is 4.79 Å². The van der Waals surface area contributed by atoms with Crippen molar-refractivity contribution in [1.29, 1.82) is 0 Å². The van der Waals surface area contributed by atoms with Gasteiger partial charge in [0.25, 0.3) is 0 Å². The van der Waals surface area contributed by atoms with E-state index in [1.54, 1.807) is 7.11 Å². The lowest BCUT2D eigenvalue weighted by molar-refractivity contribution is -0.121. The van der Waals surface area contributed by atoms with Crippen molar-refractivity contribution < 1.29 is 9.53 Å². The second-order valence-electron chi connectivity index (χ2n) is 5.21. The predicted octanol–water partition coefficient (Wildman–Crippen LogP) is 3.08. The molecule has 0 spiro atoms. The normalized spacial score (nSPS) is 16.1. The van der Waals surface area contributed by atoms with Crippen LogP contribution in [0.1, 0.15) is 44.1 Å². The Bertz CT molecular complexity index is 411. The second kappa shape index (κ2) is 7.17. The first-order valence-electron chi connectivity index (χ1n) is 7.21. The molecule has 0 heterocycles. The number of carbonyl (C=O) groups excluding carboxylic acids is 1. The van der Waals surface area contributed by atoms with Crippen LogP contribution in [-0.4, -0.2) is 19.1 Å². The zero-order chi connectivity index (χ0) is 13.5. The monoisotopic (exact) mass is 261 g/mol. The Hall–Kier alpha value is -1.51. The second-order valence-corrected chi connectivity index (χ2v) is 5.21. The first kappa shape index (κ1) is 13.9. The Balaban J connectivity index is 1.79. The highest BCUT2D eigenvalue weighted by atomic mass is 16.5. The van der Waals surface area contributed by atoms with E-state index in [1.807, 2.05) is 24.3 Å². The molecule has 0 aliphatic heterocycles. The maximum absolute atomic E-state index is 11.9. The first-order valence-corrected chi connectivity index (χ1v) is 7.21. The highest BCUT2D eigenvalue weighted by molar-refractivity contribution is 5.76. The standard InChI is InChI=1S/C16H23NO2/c1-19-15-10-6-5-7-13(15)11-12-16(18)17-14-8-3-2-4-9-14/h5-7,10,14H,2-4,8-9,11-12H2,1H3,(H,17,18). The van der Waals surface area contributed by atoms with Gasteiger partial charge in [0.05, 0.1) is 7.11 Å². The quantitative estimate of drug-likeness (QED) is 0.884. The first-order chi connectivity index (χ1) is 9.29. The molecule has 0 aromatic heterocycles. The Labute approximate surface area is 115 Å². The molecule has 1 aromatic carbocycles. The molecule has 1 aliphatic carbocycles. The fraction of sp³-hybridized carbons (Fsp3) is 0.562. The van der Waals surface area contributed by atoms with Crippen molar-refractivity contribution in [3.63, 3.8) is 0 Å². The van der Waals surface area contributed by atoms with Crippen molar-refractivity contribution in [3.05, 3.63) is 29.8 Å². The summed E-state index contributed by atoms with van der Waals surface area (Å²) in [5, 5.41) is 3.15. The Morgan fingerprint density at radius 2 is 2.00 bits per heavy atom. The lowest BCUT2D eigenvalue weighted by Gasteiger charge is -2.22. The van der Waals surface area contributed by atoms with Crippen LogP contribution in [0.25, 0.3) is 0 Å². The van der Waals surface area contributed by atoms with Gasteiger partial charge in [-0.25, -0.2) is 0 Å². The number of benzene rings is 1. The van der Waals surface area contributed by atoms with Gasteiger partial charge in [0.2, 0.25) is 5.91 Å². The predicted molar refractivity (Wildman–Crippen MR) is 76.3 cm³/mol. The molecule has 0 atom stereocenters. The number of methoxy groups -OCH3 is 1. The molecular weight excluding hydrogens is 238 g/mol. The van der Waals surface area contributed by atoms with Crippen LogP contribution in [0.4, 0.5) is 0 Å². The molecule has 0 saturated heterocycles. The highest BCUT2D eigenvalue weighted by Crippen LogP contribution is 2.20. The molecule has 104 valence electrons. The highest BCUT2D eigenvalue weighted by Gasteiger charge is 2.15. The molecule has 3 heteroatoms. The summed E-state index contributed by atoms with van der Waals surface area (Å²) in [6.45, 7) is 0. The summed E-state index contributed by atoms with van der Waals surface area (Å²) >= 11 is 0. The molecule has 1 aromatic rings. The summed E-state index contributed by atoms with van der Waals surface area (Å²) in [6.07, 6.45) is 7.36. The Kier molecular flexibility index (Phi) is 5.25. The van der Waals surface area contributed by atoms with E-state index in [0.717, 1.165) is 30.6 Å². The summed E-state index contributed by atoms with van der Waals surface area (Å²) in [4.78, 5) is 11.9. The van der Waals surface area contributed by atoms with Crippen LogP contribution in [0.2, 0.25) is 0 Å². The number of hydrogen-bond donors (Lipinski definition) is 1. The number of amides is 1. The fourth-order valence-electron chi connectivity index (χ4n) is 2.70. The van der Waals surface area contributed by atoms with Crippen molar-refractivity contribution in [1.82, 2.24) is 5.32 Å². The molecule has 0 unspecified atom stereocenters. The molecule has 0 bridgehead atoms. The topological polar surface area (TPSA) is 38.3 Å².